The van der Waals surface area contributed by atoms with E-state index in [1.807, 2.05) is 0 Å². The fourth-order valence-corrected chi connectivity index (χ4v) is 1.49. The second-order valence-corrected chi connectivity index (χ2v) is 3.59. The largest absolute Gasteiger partial charge is 0.796 e. The van der Waals surface area contributed by atoms with Crippen LogP contribution in [0.1, 0.15) is 16.1 Å². The summed E-state index contributed by atoms with van der Waals surface area (Å²) in [6, 6.07) is 11.2. The van der Waals surface area contributed by atoms with Crippen molar-refractivity contribution in [1.82, 2.24) is 0 Å². The first-order valence-corrected chi connectivity index (χ1v) is 5.46. The summed E-state index contributed by atoms with van der Waals surface area (Å²) in [4.78, 5) is 11.8. The molecule has 0 N–H and O–H groups in total. The lowest BCUT2D eigenvalue weighted by Crippen LogP contribution is -2.06. The van der Waals surface area contributed by atoms with Gasteiger partial charge in [0.2, 0.25) is 5.78 Å². The molecule has 0 aliphatic heterocycles. The lowest BCUT2D eigenvalue weighted by Gasteiger charge is -2.07. The fourth-order valence-electron chi connectivity index (χ4n) is 1.49. The summed E-state index contributed by atoms with van der Waals surface area (Å²) < 4.78 is 34.0. The number of benzene rings is 1. The van der Waals surface area contributed by atoms with Crippen LogP contribution in [0.4, 0.5) is 8.63 Å². The van der Waals surface area contributed by atoms with Crippen molar-refractivity contribution in [3.8, 4) is 0 Å². The summed E-state index contributed by atoms with van der Waals surface area (Å²) in [5.41, 5.74) is 0.391. The van der Waals surface area contributed by atoms with Crippen molar-refractivity contribution < 1.29 is 22.5 Å². The van der Waals surface area contributed by atoms with Crippen molar-refractivity contribution in [2.45, 2.75) is 0 Å². The van der Waals surface area contributed by atoms with E-state index >= 15 is 0 Å². The second-order valence-electron chi connectivity index (χ2n) is 3.59. The highest BCUT2D eigenvalue weighted by atomic mass is 19.2. The summed E-state index contributed by atoms with van der Waals surface area (Å²) in [6.07, 6.45) is 2.32. The van der Waals surface area contributed by atoms with Crippen molar-refractivity contribution >= 4 is 19.0 Å². The molecule has 0 aliphatic carbocycles. The molecular weight excluding hydrogens is 253 g/mol. The molecule has 0 saturated heterocycles. The first-order valence-electron chi connectivity index (χ1n) is 5.46. The van der Waals surface area contributed by atoms with E-state index in [1.54, 1.807) is 30.3 Å². The number of hydrogen-bond acceptors (Lipinski definition) is 3. The molecule has 0 spiro atoms. The Bertz CT molecular complexity index is 565. The van der Waals surface area contributed by atoms with Gasteiger partial charge in [-0.25, -0.2) is 8.63 Å². The number of allylic oxidation sites excluding steroid dienone is 1. The first-order chi connectivity index (χ1) is 9.16. The van der Waals surface area contributed by atoms with Gasteiger partial charge in [-0.2, -0.15) is 0 Å². The lowest BCUT2D eigenvalue weighted by atomic mass is 10.1. The van der Waals surface area contributed by atoms with Crippen LogP contribution < -0.4 is 0 Å². The van der Waals surface area contributed by atoms with Crippen molar-refractivity contribution in [1.29, 1.82) is 0 Å². The van der Waals surface area contributed by atoms with Crippen LogP contribution in [0, 0.1) is 0 Å². The Hall–Kier alpha value is -2.37. The Balaban J connectivity index is 2.30. The summed E-state index contributed by atoms with van der Waals surface area (Å²) >= 11 is 0. The highest BCUT2D eigenvalue weighted by Crippen LogP contribution is 2.18. The Kier molecular flexibility index (Phi) is 4.13. The fraction of sp³-hybridized carbons (Fsp3) is 0. The minimum Gasteiger partial charge on any atom is -0.505 e. The molecule has 19 heavy (non-hydrogen) atoms. The van der Waals surface area contributed by atoms with Gasteiger partial charge in [-0.05, 0) is 12.1 Å². The number of carbonyl (C=O) groups excluding carboxylic acids is 1. The Morgan fingerprint density at radius 2 is 1.89 bits per heavy atom. The number of rotatable bonds is 5. The molecule has 0 fully saturated rings. The average molecular weight is 262 g/mol. The highest BCUT2D eigenvalue weighted by Gasteiger charge is 2.21. The summed E-state index contributed by atoms with van der Waals surface area (Å²) in [6.45, 7) is 0. The SMILES string of the molecule is O=C(/C=C(\OB(F)F)c1ccccc1)c1ccco1. The maximum atomic E-state index is 12.4. The molecule has 0 saturated carbocycles. The molecule has 96 valence electrons. The predicted molar refractivity (Wildman–Crippen MR) is 66.5 cm³/mol. The number of furan rings is 1. The van der Waals surface area contributed by atoms with Crippen LogP contribution in [0.3, 0.4) is 0 Å². The zero-order valence-corrected chi connectivity index (χ0v) is 9.75. The number of carbonyl (C=O) groups is 1. The number of ketones is 1. The van der Waals surface area contributed by atoms with Crippen molar-refractivity contribution in [2.75, 3.05) is 0 Å². The van der Waals surface area contributed by atoms with Crippen molar-refractivity contribution in [3.05, 3.63) is 66.1 Å². The van der Waals surface area contributed by atoms with Crippen molar-refractivity contribution in [3.63, 3.8) is 0 Å². The van der Waals surface area contributed by atoms with E-state index in [2.05, 4.69) is 4.65 Å². The van der Waals surface area contributed by atoms with Crippen LogP contribution in [-0.4, -0.2) is 13.3 Å². The maximum Gasteiger partial charge on any atom is 0.796 e. The Morgan fingerprint density at radius 3 is 2.47 bits per heavy atom. The van der Waals surface area contributed by atoms with E-state index < -0.39 is 13.3 Å². The molecule has 1 heterocycles. The van der Waals surface area contributed by atoms with Crippen LogP contribution in [0.15, 0.2) is 59.2 Å². The molecule has 6 heteroatoms. The van der Waals surface area contributed by atoms with Gasteiger partial charge >= 0.3 is 7.47 Å². The third kappa shape index (κ3) is 3.54. The van der Waals surface area contributed by atoms with Gasteiger partial charge in [0.1, 0.15) is 5.76 Å². The van der Waals surface area contributed by atoms with Crippen LogP contribution in [0.25, 0.3) is 5.76 Å². The van der Waals surface area contributed by atoms with Crippen LogP contribution in [0.5, 0.6) is 0 Å². The monoisotopic (exact) mass is 262 g/mol. The molecule has 0 radical (unpaired) electrons. The van der Waals surface area contributed by atoms with Gasteiger partial charge in [-0.3, -0.25) is 4.79 Å². The minimum atomic E-state index is -3.00. The van der Waals surface area contributed by atoms with Crippen molar-refractivity contribution in [2.24, 2.45) is 0 Å². The van der Waals surface area contributed by atoms with Gasteiger partial charge in [0.05, 0.1) is 6.26 Å². The zero-order chi connectivity index (χ0) is 13.7. The zero-order valence-electron chi connectivity index (χ0n) is 9.75. The first kappa shape index (κ1) is 13.1. The molecule has 0 unspecified atom stereocenters. The third-order valence-corrected chi connectivity index (χ3v) is 2.30. The van der Waals surface area contributed by atoms with E-state index in [0.29, 0.717) is 5.56 Å². The summed E-state index contributed by atoms with van der Waals surface area (Å²) in [7, 11) is -3.00. The van der Waals surface area contributed by atoms with E-state index in [1.165, 1.54) is 18.4 Å². The van der Waals surface area contributed by atoms with Gasteiger partial charge in [0.25, 0.3) is 0 Å². The molecule has 0 atom stereocenters. The minimum absolute atomic E-state index is 0.0614. The Morgan fingerprint density at radius 1 is 1.16 bits per heavy atom. The Labute approximate surface area is 108 Å². The molecular formula is C13H9BF2O3. The van der Waals surface area contributed by atoms with E-state index in [-0.39, 0.29) is 11.5 Å². The number of hydrogen-bond donors (Lipinski definition) is 0. The second kappa shape index (κ2) is 5.99. The molecule has 0 bridgehead atoms. The maximum absolute atomic E-state index is 12.4. The average Bonchev–Trinajstić information content (AvgIpc) is 2.92. The van der Waals surface area contributed by atoms with E-state index in [0.717, 1.165) is 6.08 Å². The smallest absolute Gasteiger partial charge is 0.505 e. The molecule has 2 aromatic rings. The van der Waals surface area contributed by atoms with E-state index in [4.69, 9.17) is 4.42 Å². The van der Waals surface area contributed by atoms with Gasteiger partial charge in [0.15, 0.2) is 5.76 Å². The standard InChI is InChI=1S/C13H9BF2O3/c15-14(16)19-13(10-5-2-1-3-6-10)9-11(17)12-7-4-8-18-12/h1-9H/b13-9-. The highest BCUT2D eigenvalue weighted by molar-refractivity contribution is 6.36. The van der Waals surface area contributed by atoms with Crippen LogP contribution >= 0.6 is 0 Å². The molecule has 1 aromatic heterocycles. The molecule has 1 aromatic carbocycles. The summed E-state index contributed by atoms with van der Waals surface area (Å²) in [5, 5.41) is 0. The number of halogens is 2. The third-order valence-electron chi connectivity index (χ3n) is 2.30. The quantitative estimate of drug-likeness (QED) is 0.358. The van der Waals surface area contributed by atoms with Gasteiger partial charge in [-0.15, -0.1) is 0 Å². The van der Waals surface area contributed by atoms with Gasteiger partial charge < -0.3 is 9.07 Å². The topological polar surface area (TPSA) is 39.4 Å². The lowest BCUT2D eigenvalue weighted by molar-refractivity contribution is 0.102. The van der Waals surface area contributed by atoms with E-state index in [9.17, 15) is 13.4 Å². The predicted octanol–water partition coefficient (Wildman–Crippen LogP) is 3.44. The molecule has 0 aliphatic rings. The van der Waals surface area contributed by atoms with Crippen LogP contribution in [0.2, 0.25) is 0 Å². The van der Waals surface area contributed by atoms with Crippen LogP contribution in [-0.2, 0) is 4.65 Å². The molecule has 2 rings (SSSR count). The van der Waals surface area contributed by atoms with Gasteiger partial charge in [0, 0.05) is 11.6 Å². The van der Waals surface area contributed by atoms with Gasteiger partial charge in [-0.1, -0.05) is 30.3 Å². The molecule has 3 nitrogen and oxygen atoms in total. The summed E-state index contributed by atoms with van der Waals surface area (Å²) in [5.74, 6) is -0.673. The normalized spacial score (nSPS) is 11.2. The molecule has 0 amide bonds.